The van der Waals surface area contributed by atoms with E-state index in [1.807, 2.05) is 23.1 Å². The maximum atomic E-state index is 13.6. The molecule has 1 aromatic rings. The van der Waals surface area contributed by atoms with Gasteiger partial charge >= 0.3 is 0 Å². The van der Waals surface area contributed by atoms with Crippen LogP contribution in [0.1, 0.15) is 97.0 Å². The number of rotatable bonds is 9. The summed E-state index contributed by atoms with van der Waals surface area (Å²) >= 11 is 0. The first-order valence-electron chi connectivity index (χ1n) is 14.3. The lowest BCUT2D eigenvalue weighted by Crippen LogP contribution is -2.54. The Hall–Kier alpha value is -1.93. The molecule has 1 aromatic carbocycles. The number of likely N-dealkylation sites (tertiary alicyclic amines) is 1. The second-order valence-corrected chi connectivity index (χ2v) is 15.4. The summed E-state index contributed by atoms with van der Waals surface area (Å²) in [6.45, 7) is 17.8. The van der Waals surface area contributed by atoms with Gasteiger partial charge < -0.3 is 10.2 Å². The zero-order valence-electron chi connectivity index (χ0n) is 24.7. The van der Waals surface area contributed by atoms with E-state index in [0.717, 1.165) is 31.4 Å². The Balaban J connectivity index is 1.77. The van der Waals surface area contributed by atoms with Crippen molar-refractivity contribution in [1.29, 1.82) is 0 Å². The number of hydrogen-bond donors (Lipinski definition) is 1. The third-order valence-corrected chi connectivity index (χ3v) is 10.8. The van der Waals surface area contributed by atoms with E-state index in [-0.39, 0.29) is 34.9 Å². The van der Waals surface area contributed by atoms with E-state index in [2.05, 4.69) is 51.8 Å². The molecule has 214 valence electrons. The number of carbonyl (C=O) groups is 2. The van der Waals surface area contributed by atoms with Crippen LogP contribution in [0.3, 0.4) is 0 Å². The average molecular weight is 548 g/mol. The lowest BCUT2D eigenvalue weighted by atomic mass is 9.80. The van der Waals surface area contributed by atoms with E-state index in [4.69, 9.17) is 0 Å². The van der Waals surface area contributed by atoms with Gasteiger partial charge in [-0.15, -0.1) is 0 Å². The molecular formula is C30H49N3O4S. The van der Waals surface area contributed by atoms with Gasteiger partial charge in [-0.1, -0.05) is 39.8 Å². The van der Waals surface area contributed by atoms with Gasteiger partial charge in [0.05, 0.1) is 11.0 Å². The molecule has 1 N–H and O–H groups in total. The number of benzene rings is 1. The highest BCUT2D eigenvalue weighted by molar-refractivity contribution is 7.91. The fraction of sp³-hybridized carbons (Fsp3) is 0.733. The maximum Gasteiger partial charge on any atom is 0.251 e. The Labute approximate surface area is 230 Å². The van der Waals surface area contributed by atoms with Crippen LogP contribution in [-0.2, 0) is 20.0 Å². The number of hydrogen-bond acceptors (Lipinski definition) is 5. The summed E-state index contributed by atoms with van der Waals surface area (Å²) in [5.41, 5.74) is 1.54. The minimum absolute atomic E-state index is 0.0800. The fourth-order valence-electron chi connectivity index (χ4n) is 6.18. The van der Waals surface area contributed by atoms with Crippen molar-refractivity contribution < 1.29 is 18.0 Å². The molecule has 4 atom stereocenters. The van der Waals surface area contributed by atoms with Crippen molar-refractivity contribution >= 4 is 21.7 Å². The second kappa shape index (κ2) is 12.1. The molecule has 1 saturated carbocycles. The van der Waals surface area contributed by atoms with Crippen LogP contribution in [0, 0.1) is 5.92 Å². The Morgan fingerprint density at radius 1 is 1.13 bits per heavy atom. The average Bonchev–Trinajstić information content (AvgIpc) is 3.18. The molecule has 1 saturated heterocycles. The standard InChI is InChI=1S/C30H49N3O4S/c1-9-32(20(2)3)25-13-14-27(23(18-25)19-38(36,37)21(4)5)33-16-15-26(29(33)35)31-28(34)22-11-10-12-24(17-22)30(6,7)8/h10-12,17,20-21,23,25-27H,9,13-16,18-19H2,1-8H3,(H,31,34)/t23-,25+,26-,27-/m0/s1. The van der Waals surface area contributed by atoms with Crippen LogP contribution in [0.4, 0.5) is 0 Å². The monoisotopic (exact) mass is 547 g/mol. The Kier molecular flexibility index (Phi) is 9.72. The minimum Gasteiger partial charge on any atom is -0.340 e. The Morgan fingerprint density at radius 3 is 2.39 bits per heavy atom. The lowest BCUT2D eigenvalue weighted by molar-refractivity contribution is -0.133. The highest BCUT2D eigenvalue weighted by Crippen LogP contribution is 2.36. The number of carbonyl (C=O) groups excluding carboxylic acids is 2. The van der Waals surface area contributed by atoms with E-state index in [1.165, 1.54) is 0 Å². The highest BCUT2D eigenvalue weighted by Gasteiger charge is 2.44. The number of nitrogens with zero attached hydrogens (tertiary/aromatic N) is 2. The summed E-state index contributed by atoms with van der Waals surface area (Å²) in [6.07, 6.45) is 3.03. The van der Waals surface area contributed by atoms with E-state index < -0.39 is 21.1 Å². The SMILES string of the molecule is CCN(C(C)C)[C@@H]1CC[C@H](N2CC[C@H](NC(=O)c3cccc(C(C)(C)C)c3)C2=O)[C@H](CS(=O)(=O)C(C)C)C1. The normalized spacial score (nSPS) is 25.0. The summed E-state index contributed by atoms with van der Waals surface area (Å²) in [5, 5.41) is 2.52. The van der Waals surface area contributed by atoms with Gasteiger partial charge in [0.2, 0.25) is 5.91 Å². The van der Waals surface area contributed by atoms with Gasteiger partial charge in [0.15, 0.2) is 9.84 Å². The molecule has 2 fully saturated rings. The fourth-order valence-corrected chi connectivity index (χ4v) is 7.52. The van der Waals surface area contributed by atoms with E-state index in [9.17, 15) is 18.0 Å². The predicted molar refractivity (Wildman–Crippen MR) is 154 cm³/mol. The van der Waals surface area contributed by atoms with Gasteiger partial charge in [0, 0.05) is 30.2 Å². The zero-order chi connectivity index (χ0) is 28.4. The van der Waals surface area contributed by atoms with Crippen molar-refractivity contribution in [3.05, 3.63) is 35.4 Å². The van der Waals surface area contributed by atoms with Crippen molar-refractivity contribution in [2.45, 2.75) is 116 Å². The molecule has 1 aliphatic carbocycles. The van der Waals surface area contributed by atoms with Gasteiger partial charge in [0.1, 0.15) is 6.04 Å². The summed E-state index contributed by atoms with van der Waals surface area (Å²) in [7, 11) is -3.26. The van der Waals surface area contributed by atoms with Crippen molar-refractivity contribution in [3.8, 4) is 0 Å². The van der Waals surface area contributed by atoms with Crippen LogP contribution >= 0.6 is 0 Å². The third kappa shape index (κ3) is 6.98. The second-order valence-electron chi connectivity index (χ2n) is 12.8. The summed E-state index contributed by atoms with van der Waals surface area (Å²) < 4.78 is 26.0. The van der Waals surface area contributed by atoms with Crippen molar-refractivity contribution in [2.24, 2.45) is 5.92 Å². The van der Waals surface area contributed by atoms with Crippen molar-refractivity contribution in [1.82, 2.24) is 15.1 Å². The van der Waals surface area contributed by atoms with E-state index >= 15 is 0 Å². The third-order valence-electron chi connectivity index (χ3n) is 8.51. The molecule has 0 unspecified atom stereocenters. The van der Waals surface area contributed by atoms with Gasteiger partial charge in [-0.05, 0) is 89.0 Å². The predicted octanol–water partition coefficient (Wildman–Crippen LogP) is 4.41. The minimum atomic E-state index is -3.26. The first-order chi connectivity index (χ1) is 17.7. The Bertz CT molecular complexity index is 1090. The molecule has 8 heteroatoms. The molecule has 38 heavy (non-hydrogen) atoms. The largest absolute Gasteiger partial charge is 0.340 e. The first kappa shape index (κ1) is 30.6. The topological polar surface area (TPSA) is 86.8 Å². The van der Waals surface area contributed by atoms with Crippen molar-refractivity contribution in [2.75, 3.05) is 18.8 Å². The molecule has 2 aliphatic rings. The maximum absolute atomic E-state index is 13.6. The lowest BCUT2D eigenvalue weighted by Gasteiger charge is -2.45. The van der Waals surface area contributed by atoms with E-state index in [1.54, 1.807) is 19.9 Å². The molecule has 0 spiro atoms. The smallest absolute Gasteiger partial charge is 0.251 e. The molecule has 3 rings (SSSR count). The molecule has 0 bridgehead atoms. The molecule has 1 heterocycles. The summed E-state index contributed by atoms with van der Waals surface area (Å²) in [6, 6.07) is 7.57. The number of amides is 2. The number of sulfone groups is 1. The molecule has 2 amide bonds. The van der Waals surface area contributed by atoms with Crippen LogP contribution < -0.4 is 5.32 Å². The molecule has 1 aliphatic heterocycles. The van der Waals surface area contributed by atoms with Crippen LogP contribution in [0.5, 0.6) is 0 Å². The quantitative estimate of drug-likeness (QED) is 0.495. The van der Waals surface area contributed by atoms with Gasteiger partial charge in [-0.3, -0.25) is 14.5 Å². The molecule has 0 radical (unpaired) electrons. The molecule has 7 nitrogen and oxygen atoms in total. The van der Waals surface area contributed by atoms with Crippen LogP contribution in [0.15, 0.2) is 24.3 Å². The van der Waals surface area contributed by atoms with Gasteiger partial charge in [-0.2, -0.15) is 0 Å². The zero-order valence-corrected chi connectivity index (χ0v) is 25.5. The van der Waals surface area contributed by atoms with Crippen molar-refractivity contribution in [3.63, 3.8) is 0 Å². The van der Waals surface area contributed by atoms with Crippen LogP contribution in [-0.4, -0.2) is 78.3 Å². The van der Waals surface area contributed by atoms with Crippen LogP contribution in [0.2, 0.25) is 0 Å². The van der Waals surface area contributed by atoms with Gasteiger partial charge in [0.25, 0.3) is 5.91 Å². The highest BCUT2D eigenvalue weighted by atomic mass is 32.2. The van der Waals surface area contributed by atoms with Gasteiger partial charge in [-0.25, -0.2) is 8.42 Å². The molecular weight excluding hydrogens is 498 g/mol. The van der Waals surface area contributed by atoms with E-state index in [0.29, 0.717) is 30.6 Å². The first-order valence-corrected chi connectivity index (χ1v) is 16.1. The number of nitrogens with one attached hydrogen (secondary N) is 1. The molecule has 0 aromatic heterocycles. The summed E-state index contributed by atoms with van der Waals surface area (Å²) in [4.78, 5) is 31.0. The Morgan fingerprint density at radius 2 is 1.82 bits per heavy atom. The summed E-state index contributed by atoms with van der Waals surface area (Å²) in [5.74, 6) is -0.343. The van der Waals surface area contributed by atoms with Crippen LogP contribution in [0.25, 0.3) is 0 Å².